The van der Waals surface area contributed by atoms with Gasteiger partial charge in [0.05, 0.1) is 49.0 Å². The fourth-order valence-electron chi connectivity index (χ4n) is 6.31. The monoisotopic (exact) mass is 1210 g/mol. The Labute approximate surface area is 442 Å². The molecule has 6 aromatic rings. The topological polar surface area (TPSA) is 188 Å². The molecule has 3 aromatic carbocycles. The van der Waals surface area contributed by atoms with E-state index in [4.69, 9.17) is 0 Å². The molecule has 16 nitrogen and oxygen atoms in total. The van der Waals surface area contributed by atoms with Crippen LogP contribution in [-0.2, 0) is 64.3 Å². The molecule has 0 radical (unpaired) electrons. The molecule has 4 atom stereocenters. The number of nitrogens with zero attached hydrogens (tertiary/aromatic N) is 9. The van der Waals surface area contributed by atoms with Crippen molar-refractivity contribution in [1.29, 1.82) is 0 Å². The van der Waals surface area contributed by atoms with E-state index in [0.717, 1.165) is 54.9 Å². The van der Waals surface area contributed by atoms with Gasteiger partial charge in [-0.15, -0.1) is 27.1 Å². The number of aryl methyl sites for hydroxylation is 3. The van der Waals surface area contributed by atoms with Crippen LogP contribution in [0, 0.1) is 38.2 Å². The second-order valence-electron chi connectivity index (χ2n) is 15.6. The Morgan fingerprint density at radius 1 is 0.487 bits per heavy atom. The van der Waals surface area contributed by atoms with Crippen LogP contribution >= 0.6 is 23.5 Å². The minimum atomic E-state index is -4.67. The predicted molar refractivity (Wildman–Crippen MR) is 262 cm³/mol. The Balaban J connectivity index is 0.000000246. The van der Waals surface area contributed by atoms with Gasteiger partial charge in [-0.3, -0.25) is 30.5 Å². The maximum absolute atomic E-state index is 14.3. The summed E-state index contributed by atoms with van der Waals surface area (Å²) in [5, 5.41) is 11.9. The Morgan fingerprint density at radius 3 is 1.20 bits per heavy atom. The van der Waals surface area contributed by atoms with Gasteiger partial charge in [-0.25, -0.2) is 27.6 Å². The summed E-state index contributed by atoms with van der Waals surface area (Å²) >= 11 is 1.76. The van der Waals surface area contributed by atoms with E-state index in [-0.39, 0.29) is 59.0 Å². The summed E-state index contributed by atoms with van der Waals surface area (Å²) in [5.41, 5.74) is -2.80. The number of aromatic nitrogens is 9. The van der Waals surface area contributed by atoms with E-state index in [2.05, 4.69) is 15.3 Å². The zero-order chi connectivity index (χ0) is 57.7. The van der Waals surface area contributed by atoms with Crippen LogP contribution < -0.4 is 17.1 Å². The molecule has 0 bridgehead atoms. The quantitative estimate of drug-likeness (QED) is 0.0733. The van der Waals surface area contributed by atoms with Crippen molar-refractivity contribution in [3.05, 3.63) is 102 Å². The number of hydrogen-bond acceptors (Lipinski definition) is 12. The van der Waals surface area contributed by atoms with Gasteiger partial charge in [0.2, 0.25) is 10.3 Å². The second kappa shape index (κ2) is 25.6. The van der Waals surface area contributed by atoms with Crippen molar-refractivity contribution in [3.8, 4) is 17.1 Å². The first-order chi connectivity index (χ1) is 35.1. The number of alkyl halides is 9. The largest absolute Gasteiger partial charge is 0.400 e. The van der Waals surface area contributed by atoms with Gasteiger partial charge >= 0.3 is 35.6 Å². The second-order valence-corrected chi connectivity index (χ2v) is 24.0. The zero-order valence-electron chi connectivity index (χ0n) is 41.1. The van der Waals surface area contributed by atoms with Gasteiger partial charge in [0.1, 0.15) is 46.0 Å². The highest BCUT2D eigenvalue weighted by molar-refractivity contribution is 7.99. The van der Waals surface area contributed by atoms with Crippen LogP contribution in [0.15, 0.2) is 80.9 Å². The summed E-state index contributed by atoms with van der Waals surface area (Å²) in [5.74, 6) is -5.84. The third-order valence-electron chi connectivity index (χ3n) is 9.92. The molecular weight excluding hydrogens is 1160 g/mol. The van der Waals surface area contributed by atoms with Crippen molar-refractivity contribution in [3.63, 3.8) is 0 Å². The van der Waals surface area contributed by atoms with E-state index in [1.54, 1.807) is 13.8 Å². The molecule has 0 spiro atoms. The van der Waals surface area contributed by atoms with E-state index in [9.17, 15) is 83.9 Å². The van der Waals surface area contributed by atoms with Gasteiger partial charge in [0.25, 0.3) is 0 Å². The highest BCUT2D eigenvalue weighted by Gasteiger charge is 2.34. The van der Waals surface area contributed by atoms with E-state index < -0.39 is 119 Å². The van der Waals surface area contributed by atoms with Gasteiger partial charge in [0, 0.05) is 47.3 Å². The first-order valence-electron chi connectivity index (χ1n) is 21.4. The third kappa shape index (κ3) is 15.8. The first kappa shape index (κ1) is 63.5. The lowest BCUT2D eigenvalue weighted by Crippen LogP contribution is -2.24. The smallest absolute Gasteiger partial charge is 0.273 e. The normalized spacial score (nSPS) is 13.6. The lowest BCUT2D eigenvalue weighted by Gasteiger charge is -2.11. The van der Waals surface area contributed by atoms with Crippen LogP contribution in [0.1, 0.15) is 37.5 Å². The summed E-state index contributed by atoms with van der Waals surface area (Å²) in [7, 11) is -3.93. The van der Waals surface area contributed by atoms with Crippen LogP contribution in [0.25, 0.3) is 17.1 Å². The van der Waals surface area contributed by atoms with Gasteiger partial charge < -0.3 is 0 Å². The molecule has 76 heavy (non-hydrogen) atoms. The van der Waals surface area contributed by atoms with E-state index in [0.29, 0.717) is 32.9 Å². The SMILES string of the molecule is CCS(=O)c1nn(-c2cc(S(=O)CC(F)(F)F)c(C)cc2F)c(=O)n1C.CCS(=O)c1nn(-c2cc(SCC(F)(F)F)c(C)cc2F)c(=O)n1C.CCSc1nn(-c2cc(S(=O)CC(F)(F)F)c(C)cc2F)c(=O)n1C. The fourth-order valence-corrected chi connectivity index (χ4v) is 11.6. The molecule has 0 amide bonds. The van der Waals surface area contributed by atoms with E-state index in [1.165, 1.54) is 58.2 Å². The molecular formula is C42H45F12N9O7S6. The molecule has 4 unspecified atom stereocenters. The summed E-state index contributed by atoms with van der Waals surface area (Å²) in [6, 6.07) is 5.92. The minimum absolute atomic E-state index is 0.0306. The summed E-state index contributed by atoms with van der Waals surface area (Å²) in [6.07, 6.45) is -13.7. The number of benzene rings is 3. The molecule has 0 aliphatic heterocycles. The van der Waals surface area contributed by atoms with Gasteiger partial charge in [-0.05, 0) is 79.6 Å². The maximum atomic E-state index is 14.3. The lowest BCUT2D eigenvalue weighted by atomic mass is 10.2. The zero-order valence-corrected chi connectivity index (χ0v) is 46.0. The highest BCUT2D eigenvalue weighted by Crippen LogP contribution is 2.32. The minimum Gasteiger partial charge on any atom is -0.273 e. The molecule has 420 valence electrons. The molecule has 0 saturated carbocycles. The number of halogens is 12. The maximum Gasteiger partial charge on any atom is 0.400 e. The molecule has 3 heterocycles. The van der Waals surface area contributed by atoms with E-state index >= 15 is 0 Å². The van der Waals surface area contributed by atoms with Gasteiger partial charge in [-0.1, -0.05) is 32.5 Å². The van der Waals surface area contributed by atoms with Crippen LogP contribution in [0.4, 0.5) is 52.7 Å². The molecule has 6 rings (SSSR count). The van der Waals surface area contributed by atoms with Crippen molar-refractivity contribution in [2.24, 2.45) is 21.1 Å². The van der Waals surface area contributed by atoms with Crippen LogP contribution in [-0.4, -0.2) is 113 Å². The lowest BCUT2D eigenvalue weighted by molar-refractivity contribution is -0.106. The summed E-state index contributed by atoms with van der Waals surface area (Å²) in [4.78, 5) is 36.5. The fraction of sp³-hybridized carbons (Fsp3) is 0.429. The number of rotatable bonds is 15. The molecule has 0 N–H and O–H groups in total. The van der Waals surface area contributed by atoms with Crippen molar-refractivity contribution >= 4 is 66.7 Å². The number of hydrogen-bond donors (Lipinski definition) is 0. The third-order valence-corrected chi connectivity index (χ3v) is 17.7. The van der Waals surface area contributed by atoms with Crippen molar-refractivity contribution in [2.45, 2.75) is 90.2 Å². The number of thioether (sulfide) groups is 2. The Morgan fingerprint density at radius 2 is 0.842 bits per heavy atom. The van der Waals surface area contributed by atoms with Crippen molar-refractivity contribution in [1.82, 2.24) is 43.0 Å². The Kier molecular flexibility index (Phi) is 21.4. The molecule has 34 heteroatoms. The van der Waals surface area contributed by atoms with E-state index in [1.807, 2.05) is 6.92 Å². The highest BCUT2D eigenvalue weighted by atomic mass is 32.2. The predicted octanol–water partition coefficient (Wildman–Crippen LogP) is 7.42. The average Bonchev–Trinajstić information content (AvgIpc) is 3.88. The molecule has 3 aromatic heterocycles. The Hall–Kier alpha value is -5.06. The van der Waals surface area contributed by atoms with Gasteiger partial charge in [-0.2, -0.15) is 53.6 Å². The van der Waals surface area contributed by atoms with Gasteiger partial charge in [0.15, 0.2) is 5.16 Å². The first-order valence-corrected chi connectivity index (χ1v) is 28.7. The van der Waals surface area contributed by atoms with Crippen molar-refractivity contribution in [2.75, 3.05) is 34.5 Å². The van der Waals surface area contributed by atoms with Crippen LogP contribution in [0.3, 0.4) is 0 Å². The molecule has 0 aliphatic carbocycles. The Bertz CT molecular complexity index is 3400. The van der Waals surface area contributed by atoms with Crippen molar-refractivity contribution < 1.29 is 69.5 Å². The molecule has 0 saturated heterocycles. The average molecular weight is 1210 g/mol. The van der Waals surface area contributed by atoms with Crippen LogP contribution in [0.5, 0.6) is 0 Å². The summed E-state index contributed by atoms with van der Waals surface area (Å²) in [6.45, 7) is 9.23. The summed E-state index contributed by atoms with van der Waals surface area (Å²) < 4.78 is 208. The molecule has 0 aliphatic rings. The standard InChI is InChI=1S/C14H15F4N3O3S2.2C14H15F4N3O2S2/c1-4-25(23)12-19-21(13(22)20(12)3)10-6-11(8(2)5-9(10)15)26(24)7-14(16,17)18;1-4-25(23)12-19-21(13(22)20(12)3)10-6-11(8(2)5-9(10)15)24-7-14(16,17)18;1-4-24-12-19-21(13(22)20(12)3)10-6-11(8(2)5-9(10)15)25(23)7-14(16,17)18/h5-6H,4,7H2,1-3H3;2*5-6H,4,7H2,1-3H3. The van der Waals surface area contributed by atoms with Crippen LogP contribution in [0.2, 0.25) is 0 Å². The molecule has 0 fully saturated rings.